The quantitative estimate of drug-likeness (QED) is 0.914. The first-order valence-corrected chi connectivity index (χ1v) is 8.60. The molecule has 1 atom stereocenters. The van der Waals surface area contributed by atoms with Gasteiger partial charge in [0.2, 0.25) is 0 Å². The number of hydrogen-bond donors (Lipinski definition) is 1. The van der Waals surface area contributed by atoms with Crippen LogP contribution in [0.15, 0.2) is 24.3 Å². The molecule has 118 valence electrons. The van der Waals surface area contributed by atoms with Crippen molar-refractivity contribution in [3.63, 3.8) is 0 Å². The molecule has 0 bridgehead atoms. The van der Waals surface area contributed by atoms with Crippen molar-refractivity contribution in [3.8, 4) is 0 Å². The molecule has 2 heterocycles. The Morgan fingerprint density at radius 2 is 1.91 bits per heavy atom. The minimum absolute atomic E-state index is 0.454. The van der Waals surface area contributed by atoms with Crippen LogP contribution in [0.1, 0.15) is 54.4 Å². The fourth-order valence-electron chi connectivity index (χ4n) is 3.59. The van der Waals surface area contributed by atoms with Gasteiger partial charge in [0.15, 0.2) is 0 Å². The summed E-state index contributed by atoms with van der Waals surface area (Å²) < 4.78 is 2.19. The summed E-state index contributed by atoms with van der Waals surface area (Å²) in [7, 11) is 0. The maximum atomic E-state index is 4.72. The number of nitrogens with zero attached hydrogens (tertiary/aromatic N) is 2. The number of hydrogen-bond acceptors (Lipinski definition) is 2. The van der Waals surface area contributed by atoms with E-state index in [0.717, 1.165) is 38.8 Å². The molecule has 1 N–H and O–H groups in total. The van der Waals surface area contributed by atoms with E-state index in [1.165, 1.54) is 28.1 Å². The highest BCUT2D eigenvalue weighted by molar-refractivity contribution is 5.32. The molecular formula is C19H27N3. The molecule has 0 radical (unpaired) electrons. The van der Waals surface area contributed by atoms with E-state index in [2.05, 4.69) is 55.0 Å². The van der Waals surface area contributed by atoms with Gasteiger partial charge in [-0.15, -0.1) is 0 Å². The second-order valence-electron chi connectivity index (χ2n) is 6.23. The average Bonchev–Trinajstić information content (AvgIpc) is 2.90. The molecule has 3 nitrogen and oxygen atoms in total. The van der Waals surface area contributed by atoms with E-state index in [0.29, 0.717) is 6.04 Å². The molecule has 1 aliphatic heterocycles. The van der Waals surface area contributed by atoms with Crippen LogP contribution >= 0.6 is 0 Å². The Bertz CT molecular complexity index is 625. The van der Waals surface area contributed by atoms with Gasteiger partial charge < -0.3 is 5.32 Å². The van der Waals surface area contributed by atoms with Crippen LogP contribution in [0.4, 0.5) is 0 Å². The Morgan fingerprint density at radius 1 is 1.18 bits per heavy atom. The molecule has 0 spiro atoms. The Balaban J connectivity index is 1.73. The lowest BCUT2D eigenvalue weighted by Crippen LogP contribution is -2.31. The Hall–Kier alpha value is -1.61. The van der Waals surface area contributed by atoms with Crippen LogP contribution in [0.25, 0.3) is 0 Å². The van der Waals surface area contributed by atoms with Crippen LogP contribution in [0, 0.1) is 6.92 Å². The summed E-state index contributed by atoms with van der Waals surface area (Å²) in [6.45, 7) is 8.58. The number of aryl methyl sites for hydroxylation is 4. The molecule has 0 saturated heterocycles. The van der Waals surface area contributed by atoms with E-state index in [9.17, 15) is 0 Å². The summed E-state index contributed by atoms with van der Waals surface area (Å²) in [6, 6.07) is 9.54. The second-order valence-corrected chi connectivity index (χ2v) is 6.23. The fourth-order valence-corrected chi connectivity index (χ4v) is 3.59. The van der Waals surface area contributed by atoms with E-state index < -0.39 is 0 Å². The minimum Gasteiger partial charge on any atom is -0.309 e. The van der Waals surface area contributed by atoms with Gasteiger partial charge in [0, 0.05) is 36.8 Å². The molecule has 2 aromatic rings. The van der Waals surface area contributed by atoms with Crippen molar-refractivity contribution in [2.75, 3.05) is 6.54 Å². The molecule has 1 aromatic carbocycles. The second kappa shape index (κ2) is 6.66. The van der Waals surface area contributed by atoms with Gasteiger partial charge in [0.05, 0.1) is 5.69 Å². The van der Waals surface area contributed by atoms with Crippen molar-refractivity contribution < 1.29 is 0 Å². The number of benzene rings is 1. The van der Waals surface area contributed by atoms with Gasteiger partial charge in [-0.2, -0.15) is 5.10 Å². The van der Waals surface area contributed by atoms with Gasteiger partial charge in [0.25, 0.3) is 0 Å². The van der Waals surface area contributed by atoms with Crippen molar-refractivity contribution in [3.05, 3.63) is 52.3 Å². The Labute approximate surface area is 133 Å². The summed E-state index contributed by atoms with van der Waals surface area (Å²) >= 11 is 0. The predicted octanol–water partition coefficient (Wildman–Crippen LogP) is 3.59. The van der Waals surface area contributed by atoms with Gasteiger partial charge in [-0.1, -0.05) is 31.2 Å². The summed E-state index contributed by atoms with van der Waals surface area (Å²) in [5.74, 6) is 0. The standard InChI is InChI=1S/C19H27N3/c1-4-15-6-8-16(9-7-15)10-11-17-19-14(3)21-22(5-2)18(19)12-13-20-17/h6-9,17,20H,4-5,10-13H2,1-3H3/t17-/m0/s1. The molecule has 0 amide bonds. The van der Waals surface area contributed by atoms with Crippen LogP contribution in [0.2, 0.25) is 0 Å². The highest BCUT2D eigenvalue weighted by Crippen LogP contribution is 2.29. The SMILES string of the molecule is CCc1ccc(CC[C@@H]2NCCc3c2c(C)nn3CC)cc1. The molecule has 3 heteroatoms. The zero-order valence-electron chi connectivity index (χ0n) is 14.0. The van der Waals surface area contributed by atoms with Gasteiger partial charge in [-0.3, -0.25) is 4.68 Å². The average molecular weight is 297 g/mol. The number of rotatable bonds is 5. The molecule has 0 saturated carbocycles. The van der Waals surface area contributed by atoms with Crippen molar-refractivity contribution in [2.24, 2.45) is 0 Å². The summed E-state index contributed by atoms with van der Waals surface area (Å²) in [5.41, 5.74) is 6.97. The Kier molecular flexibility index (Phi) is 4.63. The molecule has 22 heavy (non-hydrogen) atoms. The molecule has 3 rings (SSSR count). The molecule has 0 fully saturated rings. The van der Waals surface area contributed by atoms with E-state index >= 15 is 0 Å². The van der Waals surface area contributed by atoms with Crippen molar-refractivity contribution in [1.82, 2.24) is 15.1 Å². The first kappa shape index (κ1) is 15.3. The van der Waals surface area contributed by atoms with Crippen molar-refractivity contribution in [2.45, 2.75) is 59.0 Å². The third-order valence-corrected chi connectivity index (χ3v) is 4.84. The third-order valence-electron chi connectivity index (χ3n) is 4.84. The van der Waals surface area contributed by atoms with Crippen LogP contribution < -0.4 is 5.32 Å². The van der Waals surface area contributed by atoms with E-state index in [4.69, 9.17) is 5.10 Å². The first-order chi connectivity index (χ1) is 10.7. The normalized spacial score (nSPS) is 17.5. The lowest BCUT2D eigenvalue weighted by Gasteiger charge is -2.25. The van der Waals surface area contributed by atoms with Crippen LogP contribution in [-0.4, -0.2) is 16.3 Å². The first-order valence-electron chi connectivity index (χ1n) is 8.60. The van der Waals surface area contributed by atoms with Crippen LogP contribution in [-0.2, 0) is 25.8 Å². The van der Waals surface area contributed by atoms with Crippen LogP contribution in [0.3, 0.4) is 0 Å². The topological polar surface area (TPSA) is 29.9 Å². The monoisotopic (exact) mass is 297 g/mol. The van der Waals surface area contributed by atoms with E-state index in [1.54, 1.807) is 0 Å². The van der Waals surface area contributed by atoms with Gasteiger partial charge in [-0.25, -0.2) is 0 Å². The smallest absolute Gasteiger partial charge is 0.0644 e. The van der Waals surface area contributed by atoms with Gasteiger partial charge in [-0.05, 0) is 44.2 Å². The van der Waals surface area contributed by atoms with Crippen LogP contribution in [0.5, 0.6) is 0 Å². The zero-order valence-corrected chi connectivity index (χ0v) is 14.0. The zero-order chi connectivity index (χ0) is 15.5. The fraction of sp³-hybridized carbons (Fsp3) is 0.526. The number of aromatic nitrogens is 2. The largest absolute Gasteiger partial charge is 0.309 e. The highest BCUT2D eigenvalue weighted by Gasteiger charge is 2.25. The molecular weight excluding hydrogens is 270 g/mol. The highest BCUT2D eigenvalue weighted by atomic mass is 15.3. The molecule has 0 aliphatic carbocycles. The minimum atomic E-state index is 0.454. The van der Waals surface area contributed by atoms with Gasteiger partial charge in [0.1, 0.15) is 0 Å². The van der Waals surface area contributed by atoms with Crippen molar-refractivity contribution >= 4 is 0 Å². The molecule has 1 aliphatic rings. The number of nitrogens with one attached hydrogen (secondary N) is 1. The van der Waals surface area contributed by atoms with E-state index in [-0.39, 0.29) is 0 Å². The summed E-state index contributed by atoms with van der Waals surface area (Å²) in [5, 5.41) is 8.41. The van der Waals surface area contributed by atoms with Crippen molar-refractivity contribution in [1.29, 1.82) is 0 Å². The molecule has 1 aromatic heterocycles. The Morgan fingerprint density at radius 3 is 2.59 bits per heavy atom. The third kappa shape index (κ3) is 2.95. The summed E-state index contributed by atoms with van der Waals surface area (Å²) in [6.07, 6.45) is 4.49. The molecule has 0 unspecified atom stereocenters. The number of fused-ring (bicyclic) bond motifs is 1. The predicted molar refractivity (Wildman–Crippen MR) is 91.2 cm³/mol. The van der Waals surface area contributed by atoms with Gasteiger partial charge >= 0.3 is 0 Å². The maximum absolute atomic E-state index is 4.72. The lowest BCUT2D eigenvalue weighted by atomic mass is 9.93. The summed E-state index contributed by atoms with van der Waals surface area (Å²) in [4.78, 5) is 0. The maximum Gasteiger partial charge on any atom is 0.0644 e. The lowest BCUT2D eigenvalue weighted by molar-refractivity contribution is 0.461. The van der Waals surface area contributed by atoms with E-state index in [1.807, 2.05) is 0 Å².